The third-order valence-corrected chi connectivity index (χ3v) is 4.28. The minimum atomic E-state index is -0.392. The average Bonchev–Trinajstić information content (AvgIpc) is 2.48. The van der Waals surface area contributed by atoms with E-state index in [1.54, 1.807) is 0 Å². The highest BCUT2D eigenvalue weighted by Gasteiger charge is 2.35. The second-order valence-electron chi connectivity index (χ2n) is 6.37. The van der Waals surface area contributed by atoms with Gasteiger partial charge in [0.25, 0.3) is 0 Å². The first kappa shape index (κ1) is 15.8. The summed E-state index contributed by atoms with van der Waals surface area (Å²) in [6.07, 6.45) is 4.11. The van der Waals surface area contributed by atoms with Crippen LogP contribution in [-0.4, -0.2) is 24.7 Å². The van der Waals surface area contributed by atoms with E-state index in [0.29, 0.717) is 11.5 Å². The summed E-state index contributed by atoms with van der Waals surface area (Å²) in [6, 6.07) is 9.87. The molecule has 3 nitrogen and oxygen atoms in total. The topological polar surface area (TPSA) is 42.9 Å². The van der Waals surface area contributed by atoms with Crippen molar-refractivity contribution < 1.29 is 14.8 Å². The molecule has 0 aliphatic carbocycles. The minimum Gasteiger partial charge on any atom is -0.456 e. The number of hydrogen-bond acceptors (Lipinski definition) is 2. The van der Waals surface area contributed by atoms with E-state index in [1.807, 2.05) is 57.2 Å². The van der Waals surface area contributed by atoms with Gasteiger partial charge < -0.3 is 10.1 Å². The van der Waals surface area contributed by atoms with Gasteiger partial charge in [-0.15, -0.1) is 0 Å². The second kappa shape index (κ2) is 6.90. The van der Waals surface area contributed by atoms with Crippen molar-refractivity contribution in [1.82, 2.24) is 0 Å². The number of carbonyl (C=O) groups is 1. The molecule has 1 aromatic carbocycles. The lowest BCUT2D eigenvalue weighted by Gasteiger charge is -2.35. The zero-order valence-electron chi connectivity index (χ0n) is 13.3. The third kappa shape index (κ3) is 4.43. The van der Waals surface area contributed by atoms with Crippen molar-refractivity contribution in [3.05, 3.63) is 41.5 Å². The molecular weight excluding hydrogens is 262 g/mol. The Bertz CT molecular complexity index is 499. The molecule has 114 valence electrons. The fourth-order valence-corrected chi connectivity index (χ4v) is 2.88. The summed E-state index contributed by atoms with van der Waals surface area (Å²) in [4.78, 5) is 12.3. The van der Waals surface area contributed by atoms with Gasteiger partial charge in [0.1, 0.15) is 5.60 Å². The Kier molecular flexibility index (Phi) is 5.18. The van der Waals surface area contributed by atoms with E-state index in [1.165, 1.54) is 0 Å². The van der Waals surface area contributed by atoms with Gasteiger partial charge in [-0.05, 0) is 32.4 Å². The molecule has 21 heavy (non-hydrogen) atoms. The number of quaternary nitrogens is 1. The van der Waals surface area contributed by atoms with Crippen molar-refractivity contribution >= 4 is 12.0 Å². The van der Waals surface area contributed by atoms with Gasteiger partial charge in [-0.2, -0.15) is 0 Å². The summed E-state index contributed by atoms with van der Waals surface area (Å²) >= 11 is 0. The Balaban J connectivity index is 2.01. The largest absolute Gasteiger partial charge is 0.456 e. The van der Waals surface area contributed by atoms with Crippen molar-refractivity contribution in [2.24, 2.45) is 5.92 Å². The summed E-state index contributed by atoms with van der Waals surface area (Å²) in [5, 5.41) is 2.33. The van der Waals surface area contributed by atoms with Gasteiger partial charge in [0.15, 0.2) is 0 Å². The Hall–Kier alpha value is -1.61. The first-order valence-corrected chi connectivity index (χ1v) is 7.77. The molecule has 1 aromatic rings. The molecular formula is C18H26NO2+. The monoisotopic (exact) mass is 288 g/mol. The molecule has 1 aliphatic rings. The summed E-state index contributed by atoms with van der Waals surface area (Å²) in [5.74, 6) is 0.245. The van der Waals surface area contributed by atoms with Gasteiger partial charge >= 0.3 is 5.97 Å². The summed E-state index contributed by atoms with van der Waals surface area (Å²) in [6.45, 7) is 8.16. The van der Waals surface area contributed by atoms with Gasteiger partial charge in [0.05, 0.1) is 13.1 Å². The smallest absolute Gasteiger partial charge is 0.334 e. The lowest BCUT2D eigenvalue weighted by Crippen LogP contribution is -2.86. The molecule has 0 saturated carbocycles. The van der Waals surface area contributed by atoms with E-state index in [9.17, 15) is 4.79 Å². The van der Waals surface area contributed by atoms with Crippen LogP contribution in [-0.2, 0) is 9.53 Å². The van der Waals surface area contributed by atoms with Crippen LogP contribution >= 0.6 is 0 Å². The average molecular weight is 288 g/mol. The van der Waals surface area contributed by atoms with Gasteiger partial charge in [-0.3, -0.25) is 0 Å². The van der Waals surface area contributed by atoms with Gasteiger partial charge in [0, 0.05) is 24.3 Å². The van der Waals surface area contributed by atoms with Gasteiger partial charge in [-0.25, -0.2) is 4.79 Å². The minimum absolute atomic E-state index is 0.210. The van der Waals surface area contributed by atoms with E-state index in [2.05, 4.69) is 5.32 Å². The Morgan fingerprint density at radius 1 is 1.24 bits per heavy atom. The first-order valence-electron chi connectivity index (χ1n) is 7.77. The van der Waals surface area contributed by atoms with E-state index < -0.39 is 5.60 Å². The molecule has 0 unspecified atom stereocenters. The fraction of sp³-hybridized carbons (Fsp3) is 0.500. The summed E-state index contributed by atoms with van der Waals surface area (Å²) < 4.78 is 5.79. The molecule has 0 bridgehead atoms. The number of carbonyl (C=O) groups excluding carboxylic acids is 1. The molecule has 2 rings (SSSR count). The number of esters is 1. The van der Waals surface area contributed by atoms with Crippen LogP contribution in [0.1, 0.15) is 39.2 Å². The quantitative estimate of drug-likeness (QED) is 0.683. The van der Waals surface area contributed by atoms with Gasteiger partial charge in [-0.1, -0.05) is 30.3 Å². The van der Waals surface area contributed by atoms with E-state index in [0.717, 1.165) is 31.5 Å². The van der Waals surface area contributed by atoms with Crippen molar-refractivity contribution in [3.63, 3.8) is 0 Å². The van der Waals surface area contributed by atoms with Crippen LogP contribution in [0.2, 0.25) is 0 Å². The second-order valence-corrected chi connectivity index (χ2v) is 6.37. The van der Waals surface area contributed by atoms with E-state index >= 15 is 0 Å². The molecule has 0 atom stereocenters. The maximum absolute atomic E-state index is 12.3. The third-order valence-electron chi connectivity index (χ3n) is 4.28. The molecule has 1 fully saturated rings. The van der Waals surface area contributed by atoms with Crippen LogP contribution in [0.3, 0.4) is 0 Å². The molecule has 0 aromatic heterocycles. The van der Waals surface area contributed by atoms with Crippen molar-refractivity contribution in [1.29, 1.82) is 0 Å². The zero-order chi connectivity index (χ0) is 15.3. The van der Waals surface area contributed by atoms with E-state index in [-0.39, 0.29) is 5.97 Å². The highest BCUT2D eigenvalue weighted by Crippen LogP contribution is 2.28. The molecule has 1 aliphatic heterocycles. The fourth-order valence-electron chi connectivity index (χ4n) is 2.88. The van der Waals surface area contributed by atoms with Crippen molar-refractivity contribution in [3.8, 4) is 0 Å². The molecule has 2 N–H and O–H groups in total. The zero-order valence-corrected chi connectivity index (χ0v) is 13.3. The number of benzene rings is 1. The predicted molar refractivity (Wildman–Crippen MR) is 84.6 cm³/mol. The van der Waals surface area contributed by atoms with Crippen LogP contribution in [0.25, 0.3) is 6.08 Å². The maximum atomic E-state index is 12.3. The molecule has 0 spiro atoms. The highest BCUT2D eigenvalue weighted by atomic mass is 16.6. The molecule has 3 heteroatoms. The Labute approximate surface area is 127 Å². The molecule has 0 radical (unpaired) electrons. The van der Waals surface area contributed by atoms with Crippen molar-refractivity contribution in [2.45, 2.75) is 39.2 Å². The highest BCUT2D eigenvalue weighted by molar-refractivity contribution is 5.93. The lowest BCUT2D eigenvalue weighted by atomic mass is 9.83. The number of piperidine rings is 1. The normalized spacial score (nSPS) is 17.6. The van der Waals surface area contributed by atoms with Crippen LogP contribution < -0.4 is 5.32 Å². The molecule has 1 saturated heterocycles. The number of ether oxygens (including phenoxy) is 1. The summed E-state index contributed by atoms with van der Waals surface area (Å²) in [5.41, 5.74) is 1.28. The number of hydrogen-bond donors (Lipinski definition) is 1. The number of rotatable bonds is 4. The first-order chi connectivity index (χ1) is 9.99. The van der Waals surface area contributed by atoms with Crippen LogP contribution in [0.5, 0.6) is 0 Å². The molecule has 1 heterocycles. The van der Waals surface area contributed by atoms with E-state index in [4.69, 9.17) is 4.74 Å². The van der Waals surface area contributed by atoms with Crippen LogP contribution in [0.15, 0.2) is 35.9 Å². The number of nitrogens with two attached hydrogens (primary N) is 1. The Morgan fingerprint density at radius 2 is 1.86 bits per heavy atom. The maximum Gasteiger partial charge on any atom is 0.334 e. The van der Waals surface area contributed by atoms with Crippen LogP contribution in [0.4, 0.5) is 0 Å². The summed E-state index contributed by atoms with van der Waals surface area (Å²) in [7, 11) is 0. The Morgan fingerprint density at radius 3 is 2.48 bits per heavy atom. The molecule has 0 amide bonds. The predicted octanol–water partition coefficient (Wildman–Crippen LogP) is 2.39. The van der Waals surface area contributed by atoms with Crippen LogP contribution in [0, 0.1) is 5.92 Å². The lowest BCUT2D eigenvalue weighted by molar-refractivity contribution is -0.665. The van der Waals surface area contributed by atoms with Gasteiger partial charge in [0.2, 0.25) is 0 Å². The standard InChI is InChI=1S/C18H25NO2/c1-14(13-15-7-5-4-6-8-15)17(20)21-18(2,3)16-9-11-19-12-10-16/h4-8,13,16,19H,9-12H2,1-3H3/p+1/b14-13+. The SMILES string of the molecule is C/C(=C\c1ccccc1)C(=O)OC(C)(C)C1CC[NH2+]CC1. The van der Waals surface area contributed by atoms with Crippen molar-refractivity contribution in [2.75, 3.05) is 13.1 Å².